The molecule has 1 aliphatic heterocycles. The average molecular weight is 295 g/mol. The van der Waals surface area contributed by atoms with Crippen LogP contribution in [0.3, 0.4) is 0 Å². The van der Waals surface area contributed by atoms with Gasteiger partial charge in [0, 0.05) is 5.56 Å². The molecule has 0 spiro atoms. The summed E-state index contributed by atoms with van der Waals surface area (Å²) in [6, 6.07) is 9.73. The van der Waals surface area contributed by atoms with Crippen molar-refractivity contribution in [1.29, 1.82) is 5.41 Å². The molecule has 0 saturated carbocycles. The summed E-state index contributed by atoms with van der Waals surface area (Å²) in [6.07, 6.45) is 0. The first-order valence-electron chi connectivity index (χ1n) is 5.67. The molecule has 1 aliphatic rings. The van der Waals surface area contributed by atoms with Crippen LogP contribution in [0, 0.1) is 11.2 Å². The number of nitrogens with zero attached hydrogens (tertiary/aromatic N) is 1. The summed E-state index contributed by atoms with van der Waals surface area (Å²) in [7, 11) is 0. The minimum absolute atomic E-state index is 0.235. The van der Waals surface area contributed by atoms with E-state index in [1.165, 1.54) is 12.1 Å². The van der Waals surface area contributed by atoms with E-state index in [0.29, 0.717) is 27.8 Å². The lowest BCUT2D eigenvalue weighted by atomic mass is 10.1. The van der Waals surface area contributed by atoms with E-state index in [1.54, 1.807) is 29.2 Å². The number of nitrogens with one attached hydrogen (secondary N) is 1. The third kappa shape index (κ3) is 1.99. The van der Waals surface area contributed by atoms with Crippen LogP contribution in [-0.4, -0.2) is 5.84 Å². The highest BCUT2D eigenvalue weighted by molar-refractivity contribution is 6.44. The van der Waals surface area contributed by atoms with Gasteiger partial charge in [0.05, 0.1) is 22.3 Å². The first-order chi connectivity index (χ1) is 9.08. The number of benzene rings is 2. The summed E-state index contributed by atoms with van der Waals surface area (Å²) in [6.45, 7) is 0.495. The van der Waals surface area contributed by atoms with Crippen molar-refractivity contribution in [2.45, 2.75) is 6.54 Å². The Morgan fingerprint density at radius 1 is 1.16 bits per heavy atom. The molecule has 5 heteroatoms. The summed E-state index contributed by atoms with van der Waals surface area (Å²) in [5.41, 5.74) is 2.16. The molecule has 0 saturated heterocycles. The van der Waals surface area contributed by atoms with Crippen molar-refractivity contribution in [3.8, 4) is 0 Å². The maximum Gasteiger partial charge on any atom is 0.133 e. The predicted octanol–water partition coefficient (Wildman–Crippen LogP) is 4.48. The molecule has 19 heavy (non-hydrogen) atoms. The Bertz CT molecular complexity index is 685. The van der Waals surface area contributed by atoms with Crippen molar-refractivity contribution in [3.63, 3.8) is 0 Å². The van der Waals surface area contributed by atoms with Gasteiger partial charge in [-0.25, -0.2) is 4.39 Å². The lowest BCUT2D eigenvalue weighted by Crippen LogP contribution is -2.23. The molecular formula is C14H9Cl2FN2. The second-order valence-corrected chi connectivity index (χ2v) is 5.09. The Labute approximate surface area is 119 Å². The van der Waals surface area contributed by atoms with Gasteiger partial charge in [0.15, 0.2) is 0 Å². The van der Waals surface area contributed by atoms with Gasteiger partial charge in [0.25, 0.3) is 0 Å². The molecule has 1 N–H and O–H groups in total. The SMILES string of the molecule is N=C1c2cc(F)ccc2CN1c1cccc(Cl)c1Cl. The van der Waals surface area contributed by atoms with Crippen LogP contribution in [0.2, 0.25) is 10.0 Å². The molecule has 3 rings (SSSR count). The highest BCUT2D eigenvalue weighted by atomic mass is 35.5. The molecule has 0 fully saturated rings. The highest BCUT2D eigenvalue weighted by Gasteiger charge is 2.27. The normalized spacial score (nSPS) is 13.8. The summed E-state index contributed by atoms with van der Waals surface area (Å²) in [5, 5.41) is 8.99. The van der Waals surface area contributed by atoms with E-state index in [1.807, 2.05) is 0 Å². The molecule has 96 valence electrons. The smallest absolute Gasteiger partial charge is 0.133 e. The second-order valence-electron chi connectivity index (χ2n) is 4.31. The van der Waals surface area contributed by atoms with Crippen molar-refractivity contribution < 1.29 is 4.39 Å². The van der Waals surface area contributed by atoms with Gasteiger partial charge in [-0.1, -0.05) is 35.3 Å². The summed E-state index contributed by atoms with van der Waals surface area (Å²) >= 11 is 12.2. The maximum absolute atomic E-state index is 13.2. The molecule has 1 heterocycles. The van der Waals surface area contributed by atoms with Gasteiger partial charge in [0.2, 0.25) is 0 Å². The number of halogens is 3. The zero-order valence-electron chi connectivity index (χ0n) is 9.75. The molecule has 0 atom stereocenters. The lowest BCUT2D eigenvalue weighted by molar-refractivity contribution is 0.627. The van der Waals surface area contributed by atoms with Crippen molar-refractivity contribution in [2.24, 2.45) is 0 Å². The Hall–Kier alpha value is -1.58. The first-order valence-corrected chi connectivity index (χ1v) is 6.42. The van der Waals surface area contributed by atoms with Crippen LogP contribution in [0.1, 0.15) is 11.1 Å². The molecule has 0 aliphatic carbocycles. The van der Waals surface area contributed by atoms with Crippen LogP contribution in [-0.2, 0) is 6.54 Å². The zero-order valence-corrected chi connectivity index (χ0v) is 11.3. The molecule has 0 bridgehead atoms. The van der Waals surface area contributed by atoms with Gasteiger partial charge in [-0.3, -0.25) is 5.41 Å². The molecule has 2 nitrogen and oxygen atoms in total. The van der Waals surface area contributed by atoms with Gasteiger partial charge in [-0.15, -0.1) is 0 Å². The number of amidine groups is 1. The van der Waals surface area contributed by atoms with E-state index in [-0.39, 0.29) is 11.7 Å². The number of rotatable bonds is 1. The van der Waals surface area contributed by atoms with Gasteiger partial charge in [-0.05, 0) is 29.8 Å². The van der Waals surface area contributed by atoms with Crippen LogP contribution < -0.4 is 4.90 Å². The number of anilines is 1. The summed E-state index contributed by atoms with van der Waals surface area (Å²) < 4.78 is 13.2. The fourth-order valence-corrected chi connectivity index (χ4v) is 2.61. The number of hydrogen-bond donors (Lipinski definition) is 1. The van der Waals surface area contributed by atoms with E-state index >= 15 is 0 Å². The van der Waals surface area contributed by atoms with Crippen LogP contribution in [0.25, 0.3) is 0 Å². The van der Waals surface area contributed by atoms with E-state index in [2.05, 4.69) is 0 Å². The van der Waals surface area contributed by atoms with E-state index in [9.17, 15) is 4.39 Å². The molecule has 0 radical (unpaired) electrons. The van der Waals surface area contributed by atoms with Crippen molar-refractivity contribution in [3.05, 3.63) is 63.4 Å². The monoisotopic (exact) mass is 294 g/mol. The predicted molar refractivity (Wildman–Crippen MR) is 75.9 cm³/mol. The van der Waals surface area contributed by atoms with Crippen LogP contribution in [0.15, 0.2) is 36.4 Å². The van der Waals surface area contributed by atoms with Crippen LogP contribution in [0.5, 0.6) is 0 Å². The minimum Gasteiger partial charge on any atom is -0.320 e. The van der Waals surface area contributed by atoms with Gasteiger partial charge >= 0.3 is 0 Å². The van der Waals surface area contributed by atoms with E-state index in [0.717, 1.165) is 5.56 Å². The number of hydrogen-bond acceptors (Lipinski definition) is 1. The lowest BCUT2D eigenvalue weighted by Gasteiger charge is -2.19. The van der Waals surface area contributed by atoms with E-state index < -0.39 is 0 Å². The molecule has 0 unspecified atom stereocenters. The second kappa shape index (κ2) is 4.51. The van der Waals surface area contributed by atoms with Gasteiger partial charge < -0.3 is 4.90 Å². The number of fused-ring (bicyclic) bond motifs is 1. The summed E-state index contributed by atoms with van der Waals surface area (Å²) in [5.74, 6) is -0.110. The fraction of sp³-hybridized carbons (Fsp3) is 0.0714. The molecule has 0 aromatic heterocycles. The molecule has 2 aromatic rings. The topological polar surface area (TPSA) is 27.1 Å². The van der Waals surface area contributed by atoms with Gasteiger partial charge in [0.1, 0.15) is 11.7 Å². The third-order valence-electron chi connectivity index (χ3n) is 3.15. The summed E-state index contributed by atoms with van der Waals surface area (Å²) in [4.78, 5) is 1.72. The standard InChI is InChI=1S/C14H9Cl2FN2/c15-11-2-1-3-12(13(11)16)19-7-8-4-5-9(17)6-10(8)14(19)18/h1-6,18H,7H2. The Morgan fingerprint density at radius 3 is 2.74 bits per heavy atom. The van der Waals surface area contributed by atoms with Crippen molar-refractivity contribution in [2.75, 3.05) is 4.90 Å². The average Bonchev–Trinajstić information content (AvgIpc) is 2.70. The molecule has 2 aromatic carbocycles. The maximum atomic E-state index is 13.2. The van der Waals surface area contributed by atoms with Crippen molar-refractivity contribution >= 4 is 34.7 Å². The van der Waals surface area contributed by atoms with Crippen molar-refractivity contribution in [1.82, 2.24) is 0 Å². The van der Waals surface area contributed by atoms with E-state index in [4.69, 9.17) is 28.6 Å². The quantitative estimate of drug-likeness (QED) is 0.825. The zero-order chi connectivity index (χ0) is 13.6. The van der Waals surface area contributed by atoms with Crippen LogP contribution >= 0.6 is 23.2 Å². The largest absolute Gasteiger partial charge is 0.320 e. The third-order valence-corrected chi connectivity index (χ3v) is 3.96. The van der Waals surface area contributed by atoms with Gasteiger partial charge in [-0.2, -0.15) is 0 Å². The first kappa shape index (κ1) is 12.5. The Kier molecular flexibility index (Phi) is 2.96. The molecular weight excluding hydrogens is 286 g/mol. The molecule has 0 amide bonds. The fourth-order valence-electron chi connectivity index (χ4n) is 2.21. The minimum atomic E-state index is -0.345. The Balaban J connectivity index is 2.07. The Morgan fingerprint density at radius 2 is 1.95 bits per heavy atom. The highest BCUT2D eigenvalue weighted by Crippen LogP contribution is 2.36. The van der Waals surface area contributed by atoms with Crippen LogP contribution in [0.4, 0.5) is 10.1 Å².